The summed E-state index contributed by atoms with van der Waals surface area (Å²) in [5.74, 6) is -0.559. The zero-order valence-corrected chi connectivity index (χ0v) is 9.33. The largest absolute Gasteiger partial charge is 0.417 e. The monoisotopic (exact) mass is 260 g/mol. The van der Waals surface area contributed by atoms with Crippen molar-refractivity contribution in [3.05, 3.63) is 46.9 Å². The Morgan fingerprint density at radius 3 is 2.67 bits per heavy atom. The first-order chi connectivity index (χ1) is 8.34. The highest BCUT2D eigenvalue weighted by atomic mass is 19.4. The lowest BCUT2D eigenvalue weighted by Gasteiger charge is -2.10. The number of amides is 1. The van der Waals surface area contributed by atoms with Gasteiger partial charge in [0.25, 0.3) is 5.56 Å². The van der Waals surface area contributed by atoms with Crippen LogP contribution in [-0.4, -0.2) is 17.0 Å². The van der Waals surface area contributed by atoms with E-state index < -0.39 is 29.8 Å². The van der Waals surface area contributed by atoms with Crippen LogP contribution in [0.25, 0.3) is 0 Å². The van der Waals surface area contributed by atoms with Crippen LogP contribution in [0.1, 0.15) is 5.56 Å². The minimum atomic E-state index is -4.55. The molecule has 18 heavy (non-hydrogen) atoms. The zero-order valence-electron chi connectivity index (χ0n) is 9.33. The number of carbonyl (C=O) groups is 1. The highest BCUT2D eigenvalue weighted by Crippen LogP contribution is 2.27. The normalized spacial score (nSPS) is 11.1. The van der Waals surface area contributed by atoms with Crippen molar-refractivity contribution in [1.82, 2.24) is 9.88 Å². The topological polar surface area (TPSA) is 51.1 Å². The SMILES string of the molecule is C=CCNC(=O)Cn1cc(C(F)(F)F)ccc1=O. The third-order valence-electron chi connectivity index (χ3n) is 2.07. The second-order valence-electron chi connectivity index (χ2n) is 3.47. The quantitative estimate of drug-likeness (QED) is 0.826. The predicted octanol–water partition coefficient (Wildman–Crippen LogP) is 1.17. The number of hydrogen-bond donors (Lipinski definition) is 1. The van der Waals surface area contributed by atoms with Gasteiger partial charge in [0.05, 0.1) is 5.56 Å². The first kappa shape index (κ1) is 14.0. The number of hydrogen-bond acceptors (Lipinski definition) is 2. The molecule has 0 spiro atoms. The van der Waals surface area contributed by atoms with Gasteiger partial charge in [-0.25, -0.2) is 0 Å². The fourth-order valence-electron chi connectivity index (χ4n) is 1.22. The van der Waals surface area contributed by atoms with E-state index in [1.807, 2.05) is 0 Å². The number of carbonyl (C=O) groups excluding carboxylic acids is 1. The van der Waals surface area contributed by atoms with Crippen LogP contribution in [0.2, 0.25) is 0 Å². The Morgan fingerprint density at radius 1 is 1.44 bits per heavy atom. The second kappa shape index (κ2) is 5.52. The number of aromatic nitrogens is 1. The average Bonchev–Trinajstić information content (AvgIpc) is 2.28. The Bertz CT molecular complexity index is 506. The van der Waals surface area contributed by atoms with Gasteiger partial charge in [0, 0.05) is 18.8 Å². The van der Waals surface area contributed by atoms with E-state index in [2.05, 4.69) is 11.9 Å². The van der Waals surface area contributed by atoms with Gasteiger partial charge in [0.1, 0.15) is 6.54 Å². The van der Waals surface area contributed by atoms with Crippen molar-refractivity contribution in [3.63, 3.8) is 0 Å². The molecule has 7 heteroatoms. The molecule has 0 saturated carbocycles. The molecule has 1 rings (SSSR count). The van der Waals surface area contributed by atoms with Crippen LogP contribution in [0.4, 0.5) is 13.2 Å². The van der Waals surface area contributed by atoms with Crippen LogP contribution in [0.3, 0.4) is 0 Å². The molecule has 1 N–H and O–H groups in total. The smallest absolute Gasteiger partial charge is 0.351 e. The number of halogens is 3. The summed E-state index contributed by atoms with van der Waals surface area (Å²) in [5.41, 5.74) is -1.64. The van der Waals surface area contributed by atoms with Gasteiger partial charge in [-0.1, -0.05) is 6.08 Å². The third kappa shape index (κ3) is 3.76. The van der Waals surface area contributed by atoms with E-state index in [-0.39, 0.29) is 6.54 Å². The molecule has 1 aromatic heterocycles. The molecule has 0 saturated heterocycles. The molecule has 1 heterocycles. The van der Waals surface area contributed by atoms with Crippen LogP contribution in [0, 0.1) is 0 Å². The van der Waals surface area contributed by atoms with Crippen molar-refractivity contribution in [2.24, 2.45) is 0 Å². The van der Waals surface area contributed by atoms with E-state index in [4.69, 9.17) is 0 Å². The highest BCUT2D eigenvalue weighted by Gasteiger charge is 2.31. The lowest BCUT2D eigenvalue weighted by molar-refractivity contribution is -0.138. The van der Waals surface area contributed by atoms with Crippen LogP contribution in [0.15, 0.2) is 35.8 Å². The maximum absolute atomic E-state index is 12.4. The van der Waals surface area contributed by atoms with Gasteiger partial charge < -0.3 is 9.88 Å². The Balaban J connectivity index is 2.92. The number of rotatable bonds is 4. The standard InChI is InChI=1S/C11H11F3N2O2/c1-2-5-15-9(17)7-16-6-8(11(12,13)14)3-4-10(16)18/h2-4,6H,1,5,7H2,(H,15,17). The van der Waals surface area contributed by atoms with E-state index in [1.54, 1.807) is 0 Å². The van der Waals surface area contributed by atoms with E-state index in [0.29, 0.717) is 16.8 Å². The molecule has 4 nitrogen and oxygen atoms in total. The summed E-state index contributed by atoms with van der Waals surface area (Å²) < 4.78 is 37.9. The lowest BCUT2D eigenvalue weighted by atomic mass is 10.3. The number of pyridine rings is 1. The molecule has 98 valence electrons. The van der Waals surface area contributed by atoms with Crippen LogP contribution in [-0.2, 0) is 17.5 Å². The minimum absolute atomic E-state index is 0.187. The summed E-state index contributed by atoms with van der Waals surface area (Å²) in [4.78, 5) is 22.6. The van der Waals surface area contributed by atoms with E-state index >= 15 is 0 Å². The first-order valence-corrected chi connectivity index (χ1v) is 5.00. The van der Waals surface area contributed by atoms with Crippen molar-refractivity contribution in [3.8, 4) is 0 Å². The Morgan fingerprint density at radius 2 is 2.11 bits per heavy atom. The third-order valence-corrected chi connectivity index (χ3v) is 2.07. The fraction of sp³-hybridized carbons (Fsp3) is 0.273. The summed E-state index contributed by atoms with van der Waals surface area (Å²) >= 11 is 0. The van der Waals surface area contributed by atoms with Crippen LogP contribution < -0.4 is 10.9 Å². The van der Waals surface area contributed by atoms with Crippen molar-refractivity contribution in [2.45, 2.75) is 12.7 Å². The van der Waals surface area contributed by atoms with Crippen molar-refractivity contribution < 1.29 is 18.0 Å². The lowest BCUT2D eigenvalue weighted by Crippen LogP contribution is -2.32. The first-order valence-electron chi connectivity index (χ1n) is 5.00. The molecule has 0 aromatic carbocycles. The number of alkyl halides is 3. The molecule has 0 bridgehead atoms. The molecule has 0 radical (unpaired) electrons. The summed E-state index contributed by atoms with van der Waals surface area (Å²) in [6.45, 7) is 3.10. The molecule has 0 aliphatic carbocycles. The molecule has 0 atom stereocenters. The predicted molar refractivity (Wildman–Crippen MR) is 58.9 cm³/mol. The van der Waals surface area contributed by atoms with Crippen molar-refractivity contribution in [1.29, 1.82) is 0 Å². The summed E-state index contributed by atoms with van der Waals surface area (Å²) in [6, 6.07) is 1.46. The second-order valence-corrected chi connectivity index (χ2v) is 3.47. The van der Waals surface area contributed by atoms with E-state index in [1.165, 1.54) is 6.08 Å². The Kier molecular flexibility index (Phi) is 4.30. The van der Waals surface area contributed by atoms with Gasteiger partial charge >= 0.3 is 6.18 Å². The van der Waals surface area contributed by atoms with Gasteiger partial charge in [-0.2, -0.15) is 13.2 Å². The van der Waals surface area contributed by atoms with Gasteiger partial charge in [0.2, 0.25) is 5.91 Å². The molecule has 0 unspecified atom stereocenters. The maximum Gasteiger partial charge on any atom is 0.417 e. The summed E-state index contributed by atoms with van der Waals surface area (Å²) in [6.07, 6.45) is -2.50. The van der Waals surface area contributed by atoms with E-state index in [0.717, 1.165) is 6.07 Å². The molecular weight excluding hydrogens is 249 g/mol. The molecule has 0 aliphatic rings. The van der Waals surface area contributed by atoms with E-state index in [9.17, 15) is 22.8 Å². The summed E-state index contributed by atoms with van der Waals surface area (Å²) in [7, 11) is 0. The molecular formula is C11H11F3N2O2. The Labute approximate surface area is 101 Å². The summed E-state index contributed by atoms with van der Waals surface area (Å²) in [5, 5.41) is 2.37. The maximum atomic E-state index is 12.4. The van der Waals surface area contributed by atoms with Gasteiger partial charge in [-0.05, 0) is 6.07 Å². The zero-order chi connectivity index (χ0) is 13.8. The highest BCUT2D eigenvalue weighted by molar-refractivity contribution is 5.75. The van der Waals surface area contributed by atoms with Crippen LogP contribution >= 0.6 is 0 Å². The van der Waals surface area contributed by atoms with Crippen molar-refractivity contribution in [2.75, 3.05) is 6.54 Å². The minimum Gasteiger partial charge on any atom is -0.351 e. The Hall–Kier alpha value is -2.05. The molecule has 1 amide bonds. The molecule has 0 aliphatic heterocycles. The average molecular weight is 260 g/mol. The van der Waals surface area contributed by atoms with Gasteiger partial charge in [-0.15, -0.1) is 6.58 Å². The van der Waals surface area contributed by atoms with Gasteiger partial charge in [0.15, 0.2) is 0 Å². The molecule has 0 fully saturated rings. The fourth-order valence-corrected chi connectivity index (χ4v) is 1.22. The number of nitrogens with one attached hydrogen (secondary N) is 1. The molecule has 1 aromatic rings. The van der Waals surface area contributed by atoms with Gasteiger partial charge in [-0.3, -0.25) is 9.59 Å². The van der Waals surface area contributed by atoms with Crippen LogP contribution in [0.5, 0.6) is 0 Å². The number of nitrogens with zero attached hydrogens (tertiary/aromatic N) is 1. The van der Waals surface area contributed by atoms with Crippen molar-refractivity contribution >= 4 is 5.91 Å².